The molecular formula is C21H22FN5O2S. The average molecular weight is 428 g/mol. The summed E-state index contributed by atoms with van der Waals surface area (Å²) in [6.45, 7) is 5.68. The summed E-state index contributed by atoms with van der Waals surface area (Å²) >= 11 is 0. The van der Waals surface area contributed by atoms with Crippen molar-refractivity contribution < 1.29 is 13.3 Å². The third kappa shape index (κ3) is 3.77. The molecule has 1 aliphatic rings. The molecule has 30 heavy (non-hydrogen) atoms. The number of hydrogen-bond donors (Lipinski definition) is 0. The molecule has 0 bridgehead atoms. The Labute approximate surface area is 176 Å². The Kier molecular flexibility index (Phi) is 5.46. The van der Waals surface area contributed by atoms with Crippen molar-refractivity contribution in [1.82, 2.24) is 24.3 Å². The average Bonchev–Trinajstić information content (AvgIpc) is 3.10. The minimum atomic E-state index is -1.33. The molecule has 0 aromatic carbocycles. The summed E-state index contributed by atoms with van der Waals surface area (Å²) in [6.07, 6.45) is 10.2. The van der Waals surface area contributed by atoms with Crippen LogP contribution < -0.4 is 4.74 Å². The highest BCUT2D eigenvalue weighted by atomic mass is 32.2. The fourth-order valence-corrected chi connectivity index (χ4v) is 3.79. The molecule has 4 rings (SSSR count). The number of halogens is 1. The van der Waals surface area contributed by atoms with E-state index in [4.69, 9.17) is 9.72 Å². The van der Waals surface area contributed by atoms with Crippen molar-refractivity contribution >= 4 is 22.0 Å². The number of imidazole rings is 1. The fourth-order valence-electron chi connectivity index (χ4n) is 3.36. The van der Waals surface area contributed by atoms with Gasteiger partial charge in [-0.1, -0.05) is 13.0 Å². The third-order valence-corrected chi connectivity index (χ3v) is 5.45. The van der Waals surface area contributed by atoms with Crippen molar-refractivity contribution in [1.29, 1.82) is 0 Å². The topological polar surface area (TPSA) is 82.3 Å². The number of allylic oxidation sites excluding steroid dienone is 4. The van der Waals surface area contributed by atoms with E-state index in [2.05, 4.69) is 15.0 Å². The molecule has 0 aliphatic heterocycles. The Bertz CT molecular complexity index is 1200. The van der Waals surface area contributed by atoms with Crippen molar-refractivity contribution in [2.75, 3.05) is 6.26 Å². The maximum Gasteiger partial charge on any atom is 0.258 e. The fraction of sp³-hybridized carbons (Fsp3) is 0.333. The summed E-state index contributed by atoms with van der Waals surface area (Å²) in [4.78, 5) is 17.7. The number of nitrogens with zero attached hydrogens (tertiary/aromatic N) is 5. The van der Waals surface area contributed by atoms with Gasteiger partial charge in [0, 0.05) is 30.8 Å². The second kappa shape index (κ2) is 8.06. The molecule has 3 aromatic rings. The third-order valence-electron chi connectivity index (χ3n) is 4.74. The van der Waals surface area contributed by atoms with Gasteiger partial charge in [0.15, 0.2) is 0 Å². The van der Waals surface area contributed by atoms with Crippen LogP contribution in [0.5, 0.6) is 5.88 Å². The van der Waals surface area contributed by atoms with E-state index in [0.29, 0.717) is 35.0 Å². The summed E-state index contributed by atoms with van der Waals surface area (Å²) in [5.41, 5.74) is 3.36. The van der Waals surface area contributed by atoms with E-state index in [0.717, 1.165) is 5.57 Å². The van der Waals surface area contributed by atoms with Gasteiger partial charge in [-0.15, -0.1) is 0 Å². The van der Waals surface area contributed by atoms with Gasteiger partial charge in [-0.3, -0.25) is 8.61 Å². The highest BCUT2D eigenvalue weighted by molar-refractivity contribution is 7.84. The lowest BCUT2D eigenvalue weighted by molar-refractivity contribution is 0.234. The molecule has 1 aliphatic carbocycles. The van der Waals surface area contributed by atoms with Crippen LogP contribution in [0.2, 0.25) is 0 Å². The van der Waals surface area contributed by atoms with Crippen LogP contribution in [0.4, 0.5) is 4.39 Å². The lowest BCUT2D eigenvalue weighted by atomic mass is 9.92. The molecule has 0 amide bonds. The SMILES string of the molecule is CC(C)Oc1nccn2c(-c3ccnc(S(C)=O)n3)c(C3=CC=C(F)[C@H](C)C3)nc12. The smallest absolute Gasteiger partial charge is 0.258 e. The van der Waals surface area contributed by atoms with Gasteiger partial charge in [-0.25, -0.2) is 24.3 Å². The Morgan fingerprint density at radius 3 is 2.73 bits per heavy atom. The van der Waals surface area contributed by atoms with Gasteiger partial charge < -0.3 is 4.74 Å². The van der Waals surface area contributed by atoms with Crippen LogP contribution >= 0.6 is 0 Å². The van der Waals surface area contributed by atoms with Gasteiger partial charge in [0.1, 0.15) is 5.83 Å². The van der Waals surface area contributed by atoms with Gasteiger partial charge in [-0.05, 0) is 38.0 Å². The first-order valence-electron chi connectivity index (χ1n) is 9.62. The Balaban J connectivity index is 1.99. The summed E-state index contributed by atoms with van der Waals surface area (Å²) in [6, 6.07) is 1.75. The molecule has 0 N–H and O–H groups in total. The molecule has 0 fully saturated rings. The predicted molar refractivity (Wildman–Crippen MR) is 113 cm³/mol. The number of hydrogen-bond acceptors (Lipinski definition) is 6. The molecule has 0 radical (unpaired) electrons. The molecule has 2 atom stereocenters. The standard InChI is InChI=1S/C21H22FN5O2S/c1-12(2)29-20-19-26-17(14-5-6-15(22)13(3)11-14)18(27(19)10-9-23-20)16-7-8-24-21(25-16)30(4)28/h5-10,12-13H,11H2,1-4H3/t13-,30?/m1/s1. The Morgan fingerprint density at radius 2 is 2.03 bits per heavy atom. The molecule has 3 aromatic heterocycles. The van der Waals surface area contributed by atoms with E-state index < -0.39 is 10.8 Å². The van der Waals surface area contributed by atoms with E-state index in [1.807, 2.05) is 25.2 Å². The second-order valence-corrected chi connectivity index (χ2v) is 8.70. The van der Waals surface area contributed by atoms with Crippen LogP contribution in [0.3, 0.4) is 0 Å². The zero-order valence-corrected chi connectivity index (χ0v) is 18.0. The first-order valence-corrected chi connectivity index (χ1v) is 11.2. The predicted octanol–water partition coefficient (Wildman–Crippen LogP) is 3.99. The molecule has 0 spiro atoms. The van der Waals surface area contributed by atoms with Crippen LogP contribution in [0.15, 0.2) is 47.8 Å². The van der Waals surface area contributed by atoms with Crippen LogP contribution in [-0.2, 0) is 10.8 Å². The van der Waals surface area contributed by atoms with Crippen LogP contribution in [0.25, 0.3) is 22.6 Å². The van der Waals surface area contributed by atoms with Crippen molar-refractivity contribution in [2.45, 2.75) is 38.5 Å². The van der Waals surface area contributed by atoms with Gasteiger partial charge in [-0.2, -0.15) is 0 Å². The van der Waals surface area contributed by atoms with Crippen molar-refractivity contribution in [3.63, 3.8) is 0 Å². The molecule has 1 unspecified atom stereocenters. The van der Waals surface area contributed by atoms with E-state index >= 15 is 0 Å². The molecular weight excluding hydrogens is 405 g/mol. The zero-order chi connectivity index (χ0) is 21.4. The minimum absolute atomic E-state index is 0.0774. The molecule has 7 nitrogen and oxygen atoms in total. The summed E-state index contributed by atoms with van der Waals surface area (Å²) in [7, 11) is -1.33. The number of ether oxygens (including phenoxy) is 1. The molecule has 0 saturated carbocycles. The van der Waals surface area contributed by atoms with E-state index in [-0.39, 0.29) is 23.0 Å². The lowest BCUT2D eigenvalue weighted by Crippen LogP contribution is -2.08. The highest BCUT2D eigenvalue weighted by Crippen LogP contribution is 2.37. The van der Waals surface area contributed by atoms with Gasteiger partial charge in [0.05, 0.1) is 34.0 Å². The lowest BCUT2D eigenvalue weighted by Gasteiger charge is -2.16. The van der Waals surface area contributed by atoms with E-state index in [1.54, 1.807) is 30.7 Å². The van der Waals surface area contributed by atoms with Crippen LogP contribution in [-0.4, -0.2) is 40.9 Å². The number of aromatic nitrogens is 5. The number of fused-ring (bicyclic) bond motifs is 1. The Hall–Kier alpha value is -2.94. The van der Waals surface area contributed by atoms with Crippen LogP contribution in [0, 0.1) is 5.92 Å². The number of rotatable bonds is 5. The molecule has 0 saturated heterocycles. The highest BCUT2D eigenvalue weighted by Gasteiger charge is 2.25. The first-order chi connectivity index (χ1) is 14.3. The summed E-state index contributed by atoms with van der Waals surface area (Å²) in [5, 5.41) is 0.234. The van der Waals surface area contributed by atoms with Crippen LogP contribution in [0.1, 0.15) is 32.9 Å². The van der Waals surface area contributed by atoms with Crippen molar-refractivity contribution in [3.05, 3.63) is 48.3 Å². The molecule has 3 heterocycles. The quantitative estimate of drug-likeness (QED) is 0.573. The normalized spacial score (nSPS) is 17.7. The maximum absolute atomic E-state index is 13.9. The first kappa shape index (κ1) is 20.3. The molecule has 9 heteroatoms. The minimum Gasteiger partial charge on any atom is -0.472 e. The van der Waals surface area contributed by atoms with Gasteiger partial charge in [0.2, 0.25) is 10.8 Å². The van der Waals surface area contributed by atoms with Gasteiger partial charge >= 0.3 is 0 Å². The monoisotopic (exact) mass is 427 g/mol. The van der Waals surface area contributed by atoms with E-state index in [1.165, 1.54) is 12.3 Å². The summed E-state index contributed by atoms with van der Waals surface area (Å²) in [5.74, 6) is 0.0102. The zero-order valence-electron chi connectivity index (χ0n) is 17.2. The van der Waals surface area contributed by atoms with Crippen molar-refractivity contribution in [3.8, 4) is 17.3 Å². The van der Waals surface area contributed by atoms with E-state index in [9.17, 15) is 8.60 Å². The second-order valence-electron chi connectivity index (χ2n) is 7.43. The largest absolute Gasteiger partial charge is 0.472 e. The maximum atomic E-state index is 13.9. The Morgan fingerprint density at radius 1 is 1.23 bits per heavy atom. The van der Waals surface area contributed by atoms with Crippen molar-refractivity contribution in [2.24, 2.45) is 5.92 Å². The molecule has 156 valence electrons. The summed E-state index contributed by atoms with van der Waals surface area (Å²) < 4.78 is 33.6. The van der Waals surface area contributed by atoms with Gasteiger partial charge in [0.25, 0.3) is 5.88 Å².